The minimum atomic E-state index is -0.606. The molecule has 6 heteroatoms. The highest BCUT2D eigenvalue weighted by atomic mass is 79.9. The second-order valence-electron chi connectivity index (χ2n) is 3.20. The fourth-order valence-electron chi connectivity index (χ4n) is 1.52. The van der Waals surface area contributed by atoms with Crippen LogP contribution in [-0.4, -0.2) is 16.2 Å². The van der Waals surface area contributed by atoms with Gasteiger partial charge in [0.05, 0.1) is 16.5 Å². The molecule has 0 saturated heterocycles. The third kappa shape index (κ3) is 1.97. The maximum Gasteiger partial charge on any atom is 0.265 e. The van der Waals surface area contributed by atoms with Crippen molar-refractivity contribution in [1.82, 2.24) is 9.55 Å². The lowest BCUT2D eigenvalue weighted by atomic mass is 10.2. The van der Waals surface area contributed by atoms with Crippen molar-refractivity contribution < 1.29 is 4.39 Å². The van der Waals surface area contributed by atoms with Crippen molar-refractivity contribution in [3.63, 3.8) is 0 Å². The van der Waals surface area contributed by atoms with Crippen molar-refractivity contribution in [3.05, 3.63) is 38.3 Å². The van der Waals surface area contributed by atoms with Crippen LogP contribution in [0.2, 0.25) is 5.15 Å². The second kappa shape index (κ2) is 4.51. The van der Waals surface area contributed by atoms with E-state index in [0.29, 0.717) is 9.99 Å². The van der Waals surface area contributed by atoms with Gasteiger partial charge in [-0.2, -0.15) is 0 Å². The van der Waals surface area contributed by atoms with Gasteiger partial charge in [-0.05, 0) is 28.1 Å². The molecule has 2 rings (SSSR count). The van der Waals surface area contributed by atoms with Crippen molar-refractivity contribution in [1.29, 1.82) is 0 Å². The Hall–Kier alpha value is -0.940. The first-order valence-electron chi connectivity index (χ1n) is 4.54. The summed E-state index contributed by atoms with van der Waals surface area (Å²) in [6.45, 7) is -0.597. The highest BCUT2D eigenvalue weighted by molar-refractivity contribution is 9.10. The number of hydrogen-bond acceptors (Lipinski definition) is 2. The molecule has 84 valence electrons. The number of hydrogen-bond donors (Lipinski definition) is 0. The molecule has 16 heavy (non-hydrogen) atoms. The normalized spacial score (nSPS) is 10.9. The topological polar surface area (TPSA) is 34.9 Å². The van der Waals surface area contributed by atoms with Crippen molar-refractivity contribution in [2.24, 2.45) is 0 Å². The zero-order valence-corrected chi connectivity index (χ0v) is 10.4. The third-order valence-corrected chi connectivity index (χ3v) is 2.98. The third-order valence-electron chi connectivity index (χ3n) is 2.21. The van der Waals surface area contributed by atoms with Gasteiger partial charge in [-0.15, -0.1) is 0 Å². The van der Waals surface area contributed by atoms with Gasteiger partial charge in [0.25, 0.3) is 5.56 Å². The summed E-state index contributed by atoms with van der Waals surface area (Å²) in [6.07, 6.45) is 1.55. The minimum Gasteiger partial charge on any atom is -0.305 e. The molecule has 0 aliphatic rings. The van der Waals surface area contributed by atoms with E-state index in [1.54, 1.807) is 18.3 Å². The van der Waals surface area contributed by atoms with Crippen molar-refractivity contribution in [2.75, 3.05) is 6.67 Å². The van der Waals surface area contributed by atoms with Gasteiger partial charge in [-0.25, -0.2) is 9.37 Å². The molecule has 0 radical (unpaired) electrons. The quantitative estimate of drug-likeness (QED) is 0.800. The van der Waals surface area contributed by atoms with Crippen LogP contribution in [0.15, 0.2) is 27.6 Å². The van der Waals surface area contributed by atoms with Crippen LogP contribution in [0.5, 0.6) is 0 Å². The van der Waals surface area contributed by atoms with Gasteiger partial charge in [0.2, 0.25) is 0 Å². The van der Waals surface area contributed by atoms with E-state index < -0.39 is 6.67 Å². The van der Waals surface area contributed by atoms with E-state index in [-0.39, 0.29) is 17.3 Å². The van der Waals surface area contributed by atoms with Crippen LogP contribution in [0.3, 0.4) is 0 Å². The summed E-state index contributed by atoms with van der Waals surface area (Å²) >= 11 is 8.89. The molecule has 0 amide bonds. The molecule has 2 aromatic heterocycles. The SMILES string of the molecule is O=c1c(Br)cc2cnc(Cl)cc2n1CCF. The molecule has 0 N–H and O–H groups in total. The number of halogens is 3. The van der Waals surface area contributed by atoms with Crippen LogP contribution in [0.25, 0.3) is 10.9 Å². The fraction of sp³-hybridized carbons (Fsp3) is 0.200. The molecule has 0 spiro atoms. The van der Waals surface area contributed by atoms with Gasteiger partial charge in [0.1, 0.15) is 11.8 Å². The van der Waals surface area contributed by atoms with E-state index in [4.69, 9.17) is 11.6 Å². The van der Waals surface area contributed by atoms with Gasteiger partial charge in [-0.1, -0.05) is 11.6 Å². The molecule has 0 aliphatic heterocycles. The number of pyridine rings is 2. The Labute approximate surface area is 104 Å². The predicted molar refractivity (Wildman–Crippen MR) is 64.7 cm³/mol. The van der Waals surface area contributed by atoms with Crippen molar-refractivity contribution in [2.45, 2.75) is 6.54 Å². The first kappa shape index (κ1) is 11.5. The molecule has 0 unspecified atom stereocenters. The molecule has 0 aromatic carbocycles. The molecule has 0 atom stereocenters. The summed E-state index contributed by atoms with van der Waals surface area (Å²) < 4.78 is 14.1. The number of fused-ring (bicyclic) bond motifs is 1. The summed E-state index contributed by atoms with van der Waals surface area (Å²) in [7, 11) is 0. The highest BCUT2D eigenvalue weighted by Gasteiger charge is 2.08. The smallest absolute Gasteiger partial charge is 0.265 e. The Balaban J connectivity index is 2.85. The summed E-state index contributed by atoms with van der Waals surface area (Å²) in [6, 6.07) is 3.20. The maximum atomic E-state index is 12.4. The number of alkyl halides is 1. The van der Waals surface area contributed by atoms with Crippen LogP contribution in [-0.2, 0) is 6.54 Å². The highest BCUT2D eigenvalue weighted by Crippen LogP contribution is 2.18. The average molecular weight is 306 g/mol. The Morgan fingerprint density at radius 2 is 2.25 bits per heavy atom. The Morgan fingerprint density at radius 1 is 1.50 bits per heavy atom. The van der Waals surface area contributed by atoms with Crippen molar-refractivity contribution >= 4 is 38.4 Å². The predicted octanol–water partition coefficient (Wildman–Crippen LogP) is 2.78. The monoisotopic (exact) mass is 304 g/mol. The van der Waals surface area contributed by atoms with Gasteiger partial charge in [0.15, 0.2) is 0 Å². The second-order valence-corrected chi connectivity index (χ2v) is 4.45. The lowest BCUT2D eigenvalue weighted by Crippen LogP contribution is -2.22. The van der Waals surface area contributed by atoms with Crippen LogP contribution < -0.4 is 5.56 Å². The zero-order chi connectivity index (χ0) is 11.7. The summed E-state index contributed by atoms with van der Waals surface area (Å²) in [5.41, 5.74) is 0.318. The number of aromatic nitrogens is 2. The molecular weight excluding hydrogens is 298 g/mol. The number of aryl methyl sites for hydroxylation is 1. The van der Waals surface area contributed by atoms with Crippen LogP contribution >= 0.6 is 27.5 Å². The van der Waals surface area contributed by atoms with E-state index in [1.165, 1.54) is 4.57 Å². The number of rotatable bonds is 2. The molecule has 2 aromatic rings. The van der Waals surface area contributed by atoms with Crippen LogP contribution in [0.4, 0.5) is 4.39 Å². The van der Waals surface area contributed by atoms with E-state index in [1.807, 2.05) is 0 Å². The minimum absolute atomic E-state index is 0.00904. The van der Waals surface area contributed by atoms with Gasteiger partial charge in [0, 0.05) is 11.6 Å². The van der Waals surface area contributed by atoms with Gasteiger partial charge in [-0.3, -0.25) is 4.79 Å². The maximum absolute atomic E-state index is 12.4. The average Bonchev–Trinajstić information content (AvgIpc) is 2.26. The molecule has 0 saturated carbocycles. The first-order valence-corrected chi connectivity index (χ1v) is 5.71. The van der Waals surface area contributed by atoms with E-state index in [9.17, 15) is 9.18 Å². The van der Waals surface area contributed by atoms with Crippen molar-refractivity contribution in [3.8, 4) is 0 Å². The van der Waals surface area contributed by atoms with Crippen LogP contribution in [0, 0.1) is 0 Å². The Morgan fingerprint density at radius 3 is 2.94 bits per heavy atom. The van der Waals surface area contributed by atoms with E-state index in [0.717, 1.165) is 5.39 Å². The Bertz CT molecular complexity index is 599. The number of nitrogens with zero attached hydrogens (tertiary/aromatic N) is 2. The Kier molecular flexibility index (Phi) is 3.25. The van der Waals surface area contributed by atoms with E-state index >= 15 is 0 Å². The summed E-state index contributed by atoms with van der Waals surface area (Å²) in [5.74, 6) is 0. The lowest BCUT2D eigenvalue weighted by molar-refractivity contribution is 0.445. The molecule has 0 aliphatic carbocycles. The first-order chi connectivity index (χ1) is 7.63. The molecular formula is C10H7BrClFN2O. The largest absolute Gasteiger partial charge is 0.305 e. The van der Waals surface area contributed by atoms with E-state index in [2.05, 4.69) is 20.9 Å². The molecule has 2 heterocycles. The molecule has 0 fully saturated rings. The van der Waals surface area contributed by atoms with Gasteiger partial charge >= 0.3 is 0 Å². The standard InChI is InChI=1S/C10H7BrClFN2O/c11-7-3-6-5-14-9(12)4-8(6)15(2-1-13)10(7)16/h3-5H,1-2H2. The summed E-state index contributed by atoms with van der Waals surface area (Å²) in [4.78, 5) is 15.7. The summed E-state index contributed by atoms with van der Waals surface area (Å²) in [5, 5.41) is 1.02. The zero-order valence-electron chi connectivity index (χ0n) is 8.08. The fourth-order valence-corrected chi connectivity index (χ4v) is 2.13. The lowest BCUT2D eigenvalue weighted by Gasteiger charge is -2.08. The van der Waals surface area contributed by atoms with Crippen LogP contribution in [0.1, 0.15) is 0 Å². The molecule has 3 nitrogen and oxygen atoms in total. The van der Waals surface area contributed by atoms with Gasteiger partial charge < -0.3 is 4.57 Å². The molecule has 0 bridgehead atoms.